The SMILES string of the molecule is COC(=O)CNc1cc(Br)cc(F)n1.Fc1cc(Br)cc(F)n1. The molecule has 0 saturated carbocycles. The van der Waals surface area contributed by atoms with Crippen LogP contribution in [0.4, 0.5) is 19.0 Å². The molecule has 10 heteroatoms. The van der Waals surface area contributed by atoms with Crippen LogP contribution >= 0.6 is 31.9 Å². The third kappa shape index (κ3) is 7.93. The first-order valence-corrected chi connectivity index (χ1v) is 7.51. The second-order valence-electron chi connectivity index (χ2n) is 3.85. The van der Waals surface area contributed by atoms with E-state index in [4.69, 9.17) is 0 Å². The summed E-state index contributed by atoms with van der Waals surface area (Å²) in [5.74, 6) is -2.41. The maximum absolute atomic E-state index is 12.7. The normalized spacial score (nSPS) is 9.65. The molecule has 0 aliphatic carbocycles. The Kier molecular flexibility index (Phi) is 7.96. The zero-order chi connectivity index (χ0) is 17.4. The highest BCUT2D eigenvalue weighted by atomic mass is 79.9. The van der Waals surface area contributed by atoms with Gasteiger partial charge in [0.1, 0.15) is 12.4 Å². The van der Waals surface area contributed by atoms with Gasteiger partial charge < -0.3 is 10.1 Å². The number of hydrogen-bond donors (Lipinski definition) is 1. The van der Waals surface area contributed by atoms with Gasteiger partial charge >= 0.3 is 5.97 Å². The number of rotatable bonds is 3. The fourth-order valence-electron chi connectivity index (χ4n) is 1.23. The van der Waals surface area contributed by atoms with Gasteiger partial charge in [0, 0.05) is 27.1 Å². The Labute approximate surface area is 146 Å². The number of ether oxygens (including phenoxy) is 1. The molecular formula is C13H10Br2F3N3O2. The summed E-state index contributed by atoms with van der Waals surface area (Å²) < 4.78 is 42.1. The maximum Gasteiger partial charge on any atom is 0.325 e. The average Bonchev–Trinajstić information content (AvgIpc) is 2.43. The van der Waals surface area contributed by atoms with Gasteiger partial charge in [-0.3, -0.25) is 4.79 Å². The number of aromatic nitrogens is 2. The van der Waals surface area contributed by atoms with Gasteiger partial charge in [0.2, 0.25) is 17.8 Å². The molecule has 2 aromatic rings. The van der Waals surface area contributed by atoms with Gasteiger partial charge in [0.05, 0.1) is 7.11 Å². The van der Waals surface area contributed by atoms with E-state index in [1.54, 1.807) is 6.07 Å². The lowest BCUT2D eigenvalue weighted by molar-refractivity contribution is -0.138. The van der Waals surface area contributed by atoms with E-state index < -0.39 is 23.8 Å². The van der Waals surface area contributed by atoms with Gasteiger partial charge in [-0.2, -0.15) is 18.2 Å². The molecule has 0 aliphatic rings. The molecule has 0 aliphatic heterocycles. The van der Waals surface area contributed by atoms with Gasteiger partial charge in [0.15, 0.2) is 0 Å². The van der Waals surface area contributed by atoms with Crippen LogP contribution < -0.4 is 5.32 Å². The van der Waals surface area contributed by atoms with Crippen molar-refractivity contribution in [3.63, 3.8) is 0 Å². The highest BCUT2D eigenvalue weighted by molar-refractivity contribution is 9.10. The first kappa shape index (κ1) is 19.4. The van der Waals surface area contributed by atoms with E-state index in [0.29, 0.717) is 8.95 Å². The van der Waals surface area contributed by atoms with Crippen molar-refractivity contribution in [1.29, 1.82) is 0 Å². The number of methoxy groups -OCH3 is 1. The number of carbonyl (C=O) groups excluding carboxylic acids is 1. The van der Waals surface area contributed by atoms with Gasteiger partial charge in [-0.05, 0) is 6.07 Å². The van der Waals surface area contributed by atoms with Crippen LogP contribution in [0.2, 0.25) is 0 Å². The monoisotopic (exact) mass is 455 g/mol. The molecule has 2 rings (SSSR count). The standard InChI is InChI=1S/C8H8BrFN2O2.C5H2BrF2N/c1-14-8(13)4-11-7-3-5(9)2-6(10)12-7;6-3-1-4(7)9-5(8)2-3/h2-3H,4H2,1H3,(H,11,12);1-2H. The first-order valence-electron chi connectivity index (χ1n) is 5.92. The largest absolute Gasteiger partial charge is 0.468 e. The van der Waals surface area contributed by atoms with Crippen molar-refractivity contribution in [2.45, 2.75) is 0 Å². The molecule has 2 heterocycles. The number of hydrogen-bond acceptors (Lipinski definition) is 5. The number of nitrogens with one attached hydrogen (secondary N) is 1. The third-order valence-electron chi connectivity index (χ3n) is 2.13. The lowest BCUT2D eigenvalue weighted by Crippen LogP contribution is -2.15. The Morgan fingerprint density at radius 3 is 1.96 bits per heavy atom. The van der Waals surface area contributed by atoms with Gasteiger partial charge in [0.25, 0.3) is 0 Å². The zero-order valence-electron chi connectivity index (χ0n) is 11.6. The number of nitrogens with zero attached hydrogens (tertiary/aromatic N) is 2. The molecule has 0 fully saturated rings. The molecule has 0 amide bonds. The van der Waals surface area contributed by atoms with E-state index >= 15 is 0 Å². The molecule has 23 heavy (non-hydrogen) atoms. The van der Waals surface area contributed by atoms with Gasteiger partial charge in [-0.1, -0.05) is 31.9 Å². The van der Waals surface area contributed by atoms with Crippen LogP contribution in [0.15, 0.2) is 33.2 Å². The Hall–Kier alpha value is -1.68. The lowest BCUT2D eigenvalue weighted by atomic mass is 10.4. The summed E-state index contributed by atoms with van der Waals surface area (Å²) in [7, 11) is 1.28. The van der Waals surface area contributed by atoms with Crippen LogP contribution in [-0.2, 0) is 9.53 Å². The predicted octanol–water partition coefficient (Wildman–Crippen LogP) is 3.69. The van der Waals surface area contributed by atoms with Crippen molar-refractivity contribution < 1.29 is 22.7 Å². The van der Waals surface area contributed by atoms with Crippen LogP contribution in [0, 0.1) is 17.8 Å². The average molecular weight is 457 g/mol. The second-order valence-corrected chi connectivity index (χ2v) is 5.69. The third-order valence-corrected chi connectivity index (χ3v) is 3.04. The fraction of sp³-hybridized carbons (Fsp3) is 0.154. The molecule has 0 saturated heterocycles. The summed E-state index contributed by atoms with van der Waals surface area (Å²) in [4.78, 5) is 17.1. The van der Waals surface area contributed by atoms with E-state index in [-0.39, 0.29) is 12.4 Å². The fourth-order valence-corrected chi connectivity index (χ4v) is 2.01. The van der Waals surface area contributed by atoms with E-state index in [1.807, 2.05) is 0 Å². The topological polar surface area (TPSA) is 64.1 Å². The van der Waals surface area contributed by atoms with Crippen LogP contribution in [0.25, 0.3) is 0 Å². The summed E-state index contributed by atoms with van der Waals surface area (Å²) in [5.41, 5.74) is 0. The molecule has 5 nitrogen and oxygen atoms in total. The predicted molar refractivity (Wildman–Crippen MR) is 84.3 cm³/mol. The van der Waals surface area contributed by atoms with Crippen molar-refractivity contribution >= 4 is 43.6 Å². The highest BCUT2D eigenvalue weighted by Crippen LogP contribution is 2.14. The number of esters is 1. The van der Waals surface area contributed by atoms with Crippen molar-refractivity contribution in [2.24, 2.45) is 0 Å². The molecule has 0 atom stereocenters. The van der Waals surface area contributed by atoms with Gasteiger partial charge in [-0.15, -0.1) is 0 Å². The number of pyridine rings is 2. The van der Waals surface area contributed by atoms with Crippen molar-refractivity contribution in [2.75, 3.05) is 19.0 Å². The molecule has 0 radical (unpaired) electrons. The molecule has 0 aromatic carbocycles. The first-order chi connectivity index (χ1) is 10.8. The second kappa shape index (κ2) is 9.46. The Morgan fingerprint density at radius 2 is 1.52 bits per heavy atom. The number of anilines is 1. The van der Waals surface area contributed by atoms with Crippen LogP contribution in [0.3, 0.4) is 0 Å². The Morgan fingerprint density at radius 1 is 1.04 bits per heavy atom. The minimum absolute atomic E-state index is 0.0423. The molecule has 0 spiro atoms. The summed E-state index contributed by atoms with van der Waals surface area (Å²) in [5, 5.41) is 2.62. The van der Waals surface area contributed by atoms with Crippen LogP contribution in [0.1, 0.15) is 0 Å². The highest BCUT2D eigenvalue weighted by Gasteiger charge is 2.03. The quantitative estimate of drug-likeness (QED) is 0.563. The van der Waals surface area contributed by atoms with E-state index in [0.717, 1.165) is 12.1 Å². The van der Waals surface area contributed by atoms with Crippen molar-refractivity contribution in [3.8, 4) is 0 Å². The van der Waals surface area contributed by atoms with Gasteiger partial charge in [-0.25, -0.2) is 4.98 Å². The van der Waals surface area contributed by atoms with E-state index in [1.165, 1.54) is 13.2 Å². The molecule has 124 valence electrons. The maximum atomic E-state index is 12.7. The van der Waals surface area contributed by atoms with Crippen molar-refractivity contribution in [3.05, 3.63) is 51.1 Å². The summed E-state index contributed by atoms with van der Waals surface area (Å²) in [6.07, 6.45) is 0. The molecule has 2 aromatic heterocycles. The minimum atomic E-state index is -0.818. The van der Waals surface area contributed by atoms with Crippen LogP contribution in [-0.4, -0.2) is 29.6 Å². The minimum Gasteiger partial charge on any atom is -0.468 e. The zero-order valence-corrected chi connectivity index (χ0v) is 14.8. The summed E-state index contributed by atoms with van der Waals surface area (Å²) >= 11 is 5.99. The Balaban J connectivity index is 0.000000253. The summed E-state index contributed by atoms with van der Waals surface area (Å²) in [6.45, 7) is -0.0423. The number of halogens is 5. The van der Waals surface area contributed by atoms with Crippen molar-refractivity contribution in [1.82, 2.24) is 9.97 Å². The smallest absolute Gasteiger partial charge is 0.325 e. The van der Waals surface area contributed by atoms with Crippen LogP contribution in [0.5, 0.6) is 0 Å². The Bertz CT molecular complexity index is 619. The number of carbonyl (C=O) groups is 1. The van der Waals surface area contributed by atoms with E-state index in [9.17, 15) is 18.0 Å². The lowest BCUT2D eigenvalue weighted by Gasteiger charge is -2.04. The molecule has 1 N–H and O–H groups in total. The molecular weight excluding hydrogens is 447 g/mol. The molecule has 0 unspecified atom stereocenters. The molecule has 0 bridgehead atoms. The van der Waals surface area contributed by atoms with E-state index in [2.05, 4.69) is 51.9 Å². The summed E-state index contributed by atoms with van der Waals surface area (Å²) in [6, 6.07) is 4.96.